The lowest BCUT2D eigenvalue weighted by molar-refractivity contribution is 0.503. The van der Waals surface area contributed by atoms with Crippen LogP contribution < -0.4 is 5.73 Å². The van der Waals surface area contributed by atoms with E-state index in [4.69, 9.17) is 5.73 Å². The molecule has 0 spiro atoms. The average molecular weight is 258 g/mol. The molecule has 0 aliphatic rings. The smallest absolute Gasteiger partial charge is 0.103 e. The van der Waals surface area contributed by atoms with Gasteiger partial charge in [-0.1, -0.05) is 27.7 Å². The topological polar surface area (TPSA) is 38.9 Å². The van der Waals surface area contributed by atoms with Crippen molar-refractivity contribution >= 4 is 23.1 Å². The van der Waals surface area contributed by atoms with E-state index < -0.39 is 0 Å². The Morgan fingerprint density at radius 1 is 1.38 bits per heavy atom. The van der Waals surface area contributed by atoms with Gasteiger partial charge in [0, 0.05) is 17.2 Å². The standard InChI is InChI=1S/C12H22N2S2/c1-8(2)5-10(13)11-6-16-12(14-11)7-15-9(3)4/h6,8-10H,5,7,13H2,1-4H3. The van der Waals surface area contributed by atoms with Gasteiger partial charge in [-0.3, -0.25) is 0 Å². The highest BCUT2D eigenvalue weighted by Crippen LogP contribution is 2.24. The summed E-state index contributed by atoms with van der Waals surface area (Å²) in [6.45, 7) is 8.82. The second kappa shape index (κ2) is 6.62. The largest absolute Gasteiger partial charge is 0.323 e. The molecule has 0 amide bonds. The van der Waals surface area contributed by atoms with E-state index in [0.29, 0.717) is 11.2 Å². The number of hydrogen-bond acceptors (Lipinski definition) is 4. The number of thioether (sulfide) groups is 1. The molecule has 16 heavy (non-hydrogen) atoms. The highest BCUT2D eigenvalue weighted by atomic mass is 32.2. The van der Waals surface area contributed by atoms with Gasteiger partial charge >= 0.3 is 0 Å². The van der Waals surface area contributed by atoms with Crippen molar-refractivity contribution in [2.24, 2.45) is 11.7 Å². The first kappa shape index (κ1) is 14.0. The number of nitrogens with two attached hydrogens (primary N) is 1. The molecule has 1 aromatic rings. The fourth-order valence-corrected chi connectivity index (χ4v) is 3.09. The summed E-state index contributed by atoms with van der Waals surface area (Å²) in [7, 11) is 0. The number of hydrogen-bond donors (Lipinski definition) is 1. The minimum absolute atomic E-state index is 0.106. The van der Waals surface area contributed by atoms with Crippen LogP contribution in [0.15, 0.2) is 5.38 Å². The van der Waals surface area contributed by atoms with Gasteiger partial charge in [0.25, 0.3) is 0 Å². The van der Waals surface area contributed by atoms with E-state index in [9.17, 15) is 0 Å². The maximum absolute atomic E-state index is 6.10. The molecule has 1 unspecified atom stereocenters. The number of thiazole rings is 1. The predicted molar refractivity (Wildman–Crippen MR) is 74.9 cm³/mol. The Bertz CT molecular complexity index is 308. The first-order valence-corrected chi connectivity index (χ1v) is 7.73. The van der Waals surface area contributed by atoms with Crippen LogP contribution in [0, 0.1) is 5.92 Å². The molecule has 0 fully saturated rings. The summed E-state index contributed by atoms with van der Waals surface area (Å²) in [4.78, 5) is 4.61. The minimum Gasteiger partial charge on any atom is -0.323 e. The molecule has 1 aromatic heterocycles. The molecular weight excluding hydrogens is 236 g/mol. The summed E-state index contributed by atoms with van der Waals surface area (Å²) >= 11 is 3.67. The highest BCUT2D eigenvalue weighted by molar-refractivity contribution is 7.99. The lowest BCUT2D eigenvalue weighted by atomic mass is 10.0. The van der Waals surface area contributed by atoms with Gasteiger partial charge < -0.3 is 5.73 Å². The van der Waals surface area contributed by atoms with Gasteiger partial charge in [-0.25, -0.2) is 4.98 Å². The molecule has 0 aromatic carbocycles. The van der Waals surface area contributed by atoms with Crippen LogP contribution in [0.25, 0.3) is 0 Å². The fourth-order valence-electron chi connectivity index (χ4n) is 1.43. The van der Waals surface area contributed by atoms with E-state index >= 15 is 0 Å². The van der Waals surface area contributed by atoms with E-state index in [-0.39, 0.29) is 6.04 Å². The Kier molecular flexibility index (Phi) is 5.79. The monoisotopic (exact) mass is 258 g/mol. The molecule has 2 nitrogen and oxygen atoms in total. The summed E-state index contributed by atoms with van der Waals surface area (Å²) in [6, 6.07) is 0.106. The van der Waals surface area contributed by atoms with E-state index in [1.54, 1.807) is 11.3 Å². The van der Waals surface area contributed by atoms with Crippen LogP contribution in [-0.2, 0) is 5.75 Å². The number of aromatic nitrogens is 1. The van der Waals surface area contributed by atoms with Crippen LogP contribution in [0.2, 0.25) is 0 Å². The Balaban J connectivity index is 2.50. The third kappa shape index (κ3) is 4.85. The van der Waals surface area contributed by atoms with Gasteiger partial charge in [-0.15, -0.1) is 11.3 Å². The Labute approximate surface area is 107 Å². The van der Waals surface area contributed by atoms with E-state index in [1.807, 2.05) is 11.8 Å². The summed E-state index contributed by atoms with van der Waals surface area (Å²) in [5.41, 5.74) is 7.17. The van der Waals surface area contributed by atoms with E-state index in [2.05, 4.69) is 38.1 Å². The molecule has 0 bridgehead atoms. The molecule has 0 aliphatic carbocycles. The summed E-state index contributed by atoms with van der Waals surface area (Å²) < 4.78 is 0. The van der Waals surface area contributed by atoms with Crippen LogP contribution in [0.5, 0.6) is 0 Å². The van der Waals surface area contributed by atoms with Gasteiger partial charge in [0.1, 0.15) is 5.01 Å². The quantitative estimate of drug-likeness (QED) is 0.843. The van der Waals surface area contributed by atoms with Crippen molar-refractivity contribution in [3.8, 4) is 0 Å². The maximum atomic E-state index is 6.10. The van der Waals surface area contributed by atoms with Crippen LogP contribution >= 0.6 is 23.1 Å². The number of rotatable bonds is 6. The third-order valence-corrected chi connectivity index (χ3v) is 4.37. The first-order valence-electron chi connectivity index (χ1n) is 5.80. The third-order valence-electron chi connectivity index (χ3n) is 2.21. The van der Waals surface area contributed by atoms with Crippen LogP contribution in [0.4, 0.5) is 0 Å². The van der Waals surface area contributed by atoms with Crippen molar-refractivity contribution in [3.05, 3.63) is 16.1 Å². The van der Waals surface area contributed by atoms with Crippen molar-refractivity contribution in [1.82, 2.24) is 4.98 Å². The summed E-state index contributed by atoms with van der Waals surface area (Å²) in [5, 5.41) is 3.98. The van der Waals surface area contributed by atoms with E-state index in [1.165, 1.54) is 5.01 Å². The van der Waals surface area contributed by atoms with Crippen LogP contribution in [0.3, 0.4) is 0 Å². The lowest BCUT2D eigenvalue weighted by Gasteiger charge is -2.11. The van der Waals surface area contributed by atoms with Crippen LogP contribution in [0.1, 0.15) is 50.9 Å². The zero-order valence-electron chi connectivity index (χ0n) is 10.6. The summed E-state index contributed by atoms with van der Waals surface area (Å²) in [6.07, 6.45) is 1.01. The molecule has 1 atom stereocenters. The minimum atomic E-state index is 0.106. The molecular formula is C12H22N2S2. The van der Waals surface area contributed by atoms with Crippen molar-refractivity contribution < 1.29 is 0 Å². The average Bonchev–Trinajstić information content (AvgIpc) is 2.61. The zero-order chi connectivity index (χ0) is 12.1. The lowest BCUT2D eigenvalue weighted by Crippen LogP contribution is -2.13. The van der Waals surface area contributed by atoms with Gasteiger partial charge in [0.05, 0.1) is 5.69 Å². The SMILES string of the molecule is CC(C)CC(N)c1csc(CSC(C)C)n1. The zero-order valence-corrected chi connectivity index (χ0v) is 12.2. The van der Waals surface area contributed by atoms with Crippen molar-refractivity contribution in [3.63, 3.8) is 0 Å². The Morgan fingerprint density at radius 3 is 2.62 bits per heavy atom. The van der Waals surface area contributed by atoms with Gasteiger partial charge in [0.2, 0.25) is 0 Å². The second-order valence-corrected chi connectivity index (χ2v) is 7.27. The summed E-state index contributed by atoms with van der Waals surface area (Å²) in [5.74, 6) is 1.64. The van der Waals surface area contributed by atoms with Gasteiger partial charge in [0.15, 0.2) is 0 Å². The van der Waals surface area contributed by atoms with Crippen molar-refractivity contribution in [2.75, 3.05) is 0 Å². The second-order valence-electron chi connectivity index (χ2n) is 4.76. The molecule has 4 heteroatoms. The van der Waals surface area contributed by atoms with E-state index in [0.717, 1.165) is 17.9 Å². The molecule has 1 rings (SSSR count). The fraction of sp³-hybridized carbons (Fsp3) is 0.750. The van der Waals surface area contributed by atoms with Gasteiger partial charge in [-0.05, 0) is 17.6 Å². The Morgan fingerprint density at radius 2 is 2.06 bits per heavy atom. The molecule has 0 radical (unpaired) electrons. The highest BCUT2D eigenvalue weighted by Gasteiger charge is 2.12. The normalized spacial score (nSPS) is 13.7. The molecule has 0 saturated heterocycles. The molecule has 1 heterocycles. The maximum Gasteiger partial charge on any atom is 0.103 e. The number of nitrogens with zero attached hydrogens (tertiary/aromatic N) is 1. The first-order chi connectivity index (χ1) is 7.49. The van der Waals surface area contributed by atoms with Gasteiger partial charge in [-0.2, -0.15) is 11.8 Å². The molecule has 2 N–H and O–H groups in total. The molecule has 0 saturated carbocycles. The van der Waals surface area contributed by atoms with Crippen LogP contribution in [-0.4, -0.2) is 10.2 Å². The molecule has 92 valence electrons. The molecule has 0 aliphatic heterocycles. The Hall–Kier alpha value is -0.0600. The van der Waals surface area contributed by atoms with Crippen molar-refractivity contribution in [2.45, 2.75) is 51.2 Å². The van der Waals surface area contributed by atoms with Crippen molar-refractivity contribution in [1.29, 1.82) is 0 Å². The predicted octanol–water partition coefficient (Wildman–Crippen LogP) is 3.83.